The summed E-state index contributed by atoms with van der Waals surface area (Å²) in [6.07, 6.45) is 0. The van der Waals surface area contributed by atoms with E-state index in [9.17, 15) is 0 Å². The summed E-state index contributed by atoms with van der Waals surface area (Å²) in [5.41, 5.74) is 5.86. The highest BCUT2D eigenvalue weighted by atomic mass is 16.7. The first kappa shape index (κ1) is 16.7. The topological polar surface area (TPSA) is 126 Å². The molecule has 0 aliphatic carbocycles. The van der Waals surface area contributed by atoms with Gasteiger partial charge in [0.1, 0.15) is 24.2 Å². The van der Waals surface area contributed by atoms with E-state index in [4.69, 9.17) is 21.3 Å². The SMILES string of the molecule is N/N=C(/COCc1ccc2c(c1)nnn2OCc1ccccc1)NN. The molecule has 5 N–H and O–H groups in total. The zero-order valence-corrected chi connectivity index (χ0v) is 13.5. The van der Waals surface area contributed by atoms with E-state index in [1.54, 1.807) is 0 Å². The van der Waals surface area contributed by atoms with Gasteiger partial charge < -0.3 is 20.8 Å². The lowest BCUT2D eigenvalue weighted by atomic mass is 10.2. The van der Waals surface area contributed by atoms with Crippen LogP contribution in [-0.4, -0.2) is 27.6 Å². The van der Waals surface area contributed by atoms with E-state index in [2.05, 4.69) is 20.8 Å². The van der Waals surface area contributed by atoms with Gasteiger partial charge in [-0.3, -0.25) is 0 Å². The molecule has 9 nitrogen and oxygen atoms in total. The number of amidine groups is 1. The number of hydrazone groups is 1. The molecule has 0 atom stereocenters. The zero-order chi connectivity index (χ0) is 17.5. The highest BCUT2D eigenvalue weighted by Gasteiger charge is 2.07. The van der Waals surface area contributed by atoms with Crippen molar-refractivity contribution >= 4 is 16.9 Å². The molecular formula is C16H19N7O2. The summed E-state index contributed by atoms with van der Waals surface area (Å²) in [5.74, 6) is 10.7. The highest BCUT2D eigenvalue weighted by molar-refractivity contribution is 5.82. The Morgan fingerprint density at radius 1 is 1.12 bits per heavy atom. The van der Waals surface area contributed by atoms with E-state index < -0.39 is 0 Å². The average molecular weight is 341 g/mol. The van der Waals surface area contributed by atoms with Crippen LogP contribution >= 0.6 is 0 Å². The fourth-order valence-corrected chi connectivity index (χ4v) is 2.22. The van der Waals surface area contributed by atoms with Crippen molar-refractivity contribution in [2.45, 2.75) is 13.2 Å². The van der Waals surface area contributed by atoms with E-state index in [-0.39, 0.29) is 6.61 Å². The molecule has 25 heavy (non-hydrogen) atoms. The molecule has 1 heterocycles. The van der Waals surface area contributed by atoms with Crippen LogP contribution in [0.1, 0.15) is 11.1 Å². The maximum atomic E-state index is 5.69. The van der Waals surface area contributed by atoms with Crippen LogP contribution in [0.15, 0.2) is 53.6 Å². The molecule has 0 fully saturated rings. The second kappa shape index (κ2) is 8.08. The first-order chi connectivity index (χ1) is 12.3. The van der Waals surface area contributed by atoms with E-state index in [1.165, 1.54) is 4.85 Å². The Morgan fingerprint density at radius 2 is 1.96 bits per heavy atom. The summed E-state index contributed by atoms with van der Waals surface area (Å²) < 4.78 is 5.49. The average Bonchev–Trinajstić information content (AvgIpc) is 3.07. The van der Waals surface area contributed by atoms with Crippen LogP contribution in [-0.2, 0) is 18.0 Å². The molecule has 0 aliphatic heterocycles. The van der Waals surface area contributed by atoms with Gasteiger partial charge in [-0.1, -0.05) is 41.2 Å². The normalized spacial score (nSPS) is 11.6. The van der Waals surface area contributed by atoms with Crippen LogP contribution in [0, 0.1) is 0 Å². The Kier molecular flexibility index (Phi) is 5.39. The first-order valence-electron chi connectivity index (χ1n) is 7.63. The molecular weight excluding hydrogens is 322 g/mol. The summed E-state index contributed by atoms with van der Waals surface area (Å²) in [4.78, 5) is 7.11. The second-order valence-corrected chi connectivity index (χ2v) is 5.26. The van der Waals surface area contributed by atoms with E-state index in [0.717, 1.165) is 22.2 Å². The molecule has 130 valence electrons. The molecule has 2 aromatic carbocycles. The van der Waals surface area contributed by atoms with Gasteiger partial charge in [0.2, 0.25) is 0 Å². The van der Waals surface area contributed by atoms with Gasteiger partial charge in [-0.05, 0) is 28.5 Å². The first-order valence-corrected chi connectivity index (χ1v) is 7.63. The van der Waals surface area contributed by atoms with Gasteiger partial charge in [-0.15, -0.1) is 5.10 Å². The third-order valence-corrected chi connectivity index (χ3v) is 3.51. The van der Waals surface area contributed by atoms with Crippen molar-refractivity contribution in [1.82, 2.24) is 20.6 Å². The van der Waals surface area contributed by atoms with Gasteiger partial charge in [0.05, 0.1) is 6.61 Å². The third kappa shape index (κ3) is 4.22. The number of rotatable bonds is 7. The van der Waals surface area contributed by atoms with Crippen LogP contribution in [0.25, 0.3) is 11.0 Å². The van der Waals surface area contributed by atoms with Crippen molar-refractivity contribution in [3.05, 3.63) is 59.7 Å². The standard InChI is InChI=1S/C16H19N7O2/c17-19-16(20-18)11-24-9-13-6-7-15-14(8-13)21-22-23(15)25-10-12-4-2-1-3-5-12/h1-8H,9-11,17-18H2,(H,19,20). The molecule has 0 aliphatic rings. The van der Waals surface area contributed by atoms with Crippen molar-refractivity contribution in [1.29, 1.82) is 0 Å². The summed E-state index contributed by atoms with van der Waals surface area (Å²) in [5, 5.41) is 11.6. The smallest absolute Gasteiger partial charge is 0.161 e. The van der Waals surface area contributed by atoms with Crippen LogP contribution in [0.4, 0.5) is 0 Å². The lowest BCUT2D eigenvalue weighted by Crippen LogP contribution is -2.34. The molecule has 3 rings (SSSR count). The molecule has 0 spiro atoms. The van der Waals surface area contributed by atoms with Crippen molar-refractivity contribution in [3.63, 3.8) is 0 Å². The minimum atomic E-state index is 0.192. The number of hydrogen-bond acceptors (Lipinski definition) is 7. The van der Waals surface area contributed by atoms with Crippen molar-refractivity contribution in [2.75, 3.05) is 6.61 Å². The Labute approximate surface area is 144 Å². The number of benzene rings is 2. The minimum absolute atomic E-state index is 0.192. The molecule has 3 aromatic rings. The summed E-state index contributed by atoms with van der Waals surface area (Å²) >= 11 is 0. The lowest BCUT2D eigenvalue weighted by Gasteiger charge is -2.07. The summed E-state index contributed by atoms with van der Waals surface area (Å²) in [7, 11) is 0. The number of nitrogens with one attached hydrogen (secondary N) is 1. The Balaban J connectivity index is 1.62. The van der Waals surface area contributed by atoms with Crippen LogP contribution in [0.5, 0.6) is 0 Å². The van der Waals surface area contributed by atoms with E-state index in [0.29, 0.717) is 19.0 Å². The summed E-state index contributed by atoms with van der Waals surface area (Å²) in [6, 6.07) is 15.6. The predicted molar refractivity (Wildman–Crippen MR) is 92.9 cm³/mol. The molecule has 0 saturated heterocycles. The number of fused-ring (bicyclic) bond motifs is 1. The maximum absolute atomic E-state index is 5.69. The van der Waals surface area contributed by atoms with Gasteiger partial charge >= 0.3 is 0 Å². The Morgan fingerprint density at radius 3 is 2.72 bits per heavy atom. The number of hydrogen-bond donors (Lipinski definition) is 3. The predicted octanol–water partition coefficient (Wildman–Crippen LogP) is 0.312. The minimum Gasteiger partial charge on any atom is -0.390 e. The number of nitrogens with zero attached hydrogens (tertiary/aromatic N) is 4. The van der Waals surface area contributed by atoms with E-state index in [1.807, 2.05) is 48.5 Å². The quantitative estimate of drug-likeness (QED) is 0.244. The van der Waals surface area contributed by atoms with Crippen molar-refractivity contribution in [3.8, 4) is 0 Å². The third-order valence-electron chi connectivity index (χ3n) is 3.51. The fourth-order valence-electron chi connectivity index (χ4n) is 2.22. The second-order valence-electron chi connectivity index (χ2n) is 5.26. The monoisotopic (exact) mass is 341 g/mol. The van der Waals surface area contributed by atoms with Gasteiger partial charge in [-0.25, -0.2) is 5.84 Å². The van der Waals surface area contributed by atoms with Crippen molar-refractivity contribution in [2.24, 2.45) is 16.8 Å². The largest absolute Gasteiger partial charge is 0.390 e. The zero-order valence-electron chi connectivity index (χ0n) is 13.5. The molecule has 0 saturated carbocycles. The maximum Gasteiger partial charge on any atom is 0.161 e. The molecule has 1 aromatic heterocycles. The number of nitrogens with two attached hydrogens (primary N) is 2. The van der Waals surface area contributed by atoms with Crippen molar-refractivity contribution < 1.29 is 9.57 Å². The highest BCUT2D eigenvalue weighted by Crippen LogP contribution is 2.14. The number of hydrazine groups is 1. The number of ether oxygens (including phenoxy) is 1. The molecule has 0 radical (unpaired) electrons. The molecule has 0 bridgehead atoms. The fraction of sp³-hybridized carbons (Fsp3) is 0.188. The van der Waals surface area contributed by atoms with Gasteiger partial charge in [0, 0.05) is 0 Å². The van der Waals surface area contributed by atoms with Gasteiger partial charge in [0.25, 0.3) is 0 Å². The lowest BCUT2D eigenvalue weighted by molar-refractivity contribution is 0.0751. The number of aromatic nitrogens is 3. The molecule has 9 heteroatoms. The van der Waals surface area contributed by atoms with E-state index >= 15 is 0 Å². The van der Waals surface area contributed by atoms with Crippen LogP contribution < -0.4 is 21.9 Å². The van der Waals surface area contributed by atoms with Gasteiger partial charge in [-0.2, -0.15) is 5.10 Å². The van der Waals surface area contributed by atoms with Crippen LogP contribution in [0.2, 0.25) is 0 Å². The Bertz CT molecular complexity index is 848. The van der Waals surface area contributed by atoms with Crippen LogP contribution in [0.3, 0.4) is 0 Å². The Hall–Kier alpha value is -3.17. The summed E-state index contributed by atoms with van der Waals surface area (Å²) in [6.45, 7) is 0.976. The van der Waals surface area contributed by atoms with Gasteiger partial charge in [0.15, 0.2) is 5.84 Å². The molecule has 0 amide bonds. The molecule has 0 unspecified atom stereocenters.